The Morgan fingerprint density at radius 1 is 1.27 bits per heavy atom. The number of sulfonamides is 1. The molecule has 0 atom stereocenters. The molecule has 142 valence electrons. The fourth-order valence-electron chi connectivity index (χ4n) is 3.43. The lowest BCUT2D eigenvalue weighted by atomic mass is 10.1. The molecule has 0 aliphatic carbocycles. The van der Waals surface area contributed by atoms with Crippen molar-refractivity contribution in [3.05, 3.63) is 35.0 Å². The molecule has 2 aromatic rings. The average Bonchev–Trinajstić information content (AvgIpc) is 3.20. The average molecular weight is 379 g/mol. The van der Waals surface area contributed by atoms with Gasteiger partial charge in [0.25, 0.3) is 0 Å². The van der Waals surface area contributed by atoms with Crippen LogP contribution >= 0.6 is 0 Å². The van der Waals surface area contributed by atoms with Crippen LogP contribution in [0, 0.1) is 0 Å². The summed E-state index contributed by atoms with van der Waals surface area (Å²) in [5.74, 6) is -1.05. The second kappa shape index (κ2) is 7.38. The van der Waals surface area contributed by atoms with E-state index >= 15 is 0 Å². The number of hydrogen-bond donors (Lipinski definition) is 2. The number of rotatable bonds is 7. The lowest BCUT2D eigenvalue weighted by Gasteiger charge is -2.15. The zero-order chi connectivity index (χ0) is 18.9. The van der Waals surface area contributed by atoms with E-state index in [1.54, 1.807) is 16.4 Å². The number of H-pyrrole nitrogens is 1. The fourth-order valence-corrected chi connectivity index (χ4v) is 5.03. The van der Waals surface area contributed by atoms with E-state index in [0.717, 1.165) is 29.3 Å². The van der Waals surface area contributed by atoms with E-state index < -0.39 is 16.0 Å². The Kier molecular flexibility index (Phi) is 5.36. The molecule has 0 radical (unpaired) electrons. The Balaban J connectivity index is 1.96. The molecule has 3 rings (SSSR count). The lowest BCUT2D eigenvalue weighted by molar-refractivity contribution is 0.0690. The number of aromatic amines is 1. The fraction of sp³-hybridized carbons (Fsp3) is 0.500. The molecule has 8 heteroatoms. The van der Waals surface area contributed by atoms with Gasteiger partial charge in [-0.3, -0.25) is 0 Å². The first-order chi connectivity index (χ1) is 12.3. The molecular formula is C18H25N3O4S. The Bertz CT molecular complexity index is 912. The number of carbonyl (C=O) groups is 1. The predicted octanol–water partition coefficient (Wildman–Crippen LogP) is 1.90. The summed E-state index contributed by atoms with van der Waals surface area (Å²) in [6.07, 6.45) is 2.40. The molecule has 0 unspecified atom stereocenters. The number of likely N-dealkylation sites (N-methyl/N-ethyl adjacent to an activating group) is 1. The second-order valence-corrected chi connectivity index (χ2v) is 9.05. The standard InChI is InChI=1S/C18H25N3O4S/c1-20(2)10-7-14-15-11-13(5-6-16(15)19-17(14)18(22)23)12-26(24,25)21-8-3-4-9-21/h5-6,11,19H,3-4,7-10,12H2,1-2H3,(H,22,23). The molecule has 1 saturated heterocycles. The van der Waals surface area contributed by atoms with Crippen molar-refractivity contribution in [2.24, 2.45) is 0 Å². The number of fused-ring (bicyclic) bond motifs is 1. The van der Waals surface area contributed by atoms with Crippen LogP contribution in [-0.4, -0.2) is 67.4 Å². The second-order valence-electron chi connectivity index (χ2n) is 7.08. The number of nitrogens with one attached hydrogen (secondary N) is 1. The minimum Gasteiger partial charge on any atom is -0.477 e. The van der Waals surface area contributed by atoms with E-state index in [-0.39, 0.29) is 11.4 Å². The van der Waals surface area contributed by atoms with E-state index in [0.29, 0.717) is 31.6 Å². The summed E-state index contributed by atoms with van der Waals surface area (Å²) in [5.41, 5.74) is 2.31. The van der Waals surface area contributed by atoms with E-state index in [2.05, 4.69) is 4.98 Å². The molecule has 0 bridgehead atoms. The van der Waals surface area contributed by atoms with Gasteiger partial charge in [-0.2, -0.15) is 0 Å². The van der Waals surface area contributed by atoms with E-state index in [4.69, 9.17) is 0 Å². The number of hydrogen-bond acceptors (Lipinski definition) is 4. The number of benzene rings is 1. The monoisotopic (exact) mass is 379 g/mol. The highest BCUT2D eigenvalue weighted by Crippen LogP contribution is 2.26. The quantitative estimate of drug-likeness (QED) is 0.766. The van der Waals surface area contributed by atoms with Crippen LogP contribution in [0.15, 0.2) is 18.2 Å². The summed E-state index contributed by atoms with van der Waals surface area (Å²) in [4.78, 5) is 16.5. The summed E-state index contributed by atoms with van der Waals surface area (Å²) in [6, 6.07) is 5.35. The molecule has 1 aromatic heterocycles. The lowest BCUT2D eigenvalue weighted by Crippen LogP contribution is -2.29. The van der Waals surface area contributed by atoms with Crippen LogP contribution in [0.4, 0.5) is 0 Å². The van der Waals surface area contributed by atoms with Crippen LogP contribution in [0.5, 0.6) is 0 Å². The topological polar surface area (TPSA) is 93.7 Å². The van der Waals surface area contributed by atoms with Crippen LogP contribution in [0.1, 0.15) is 34.5 Å². The number of aromatic nitrogens is 1. The van der Waals surface area contributed by atoms with Crippen LogP contribution in [0.2, 0.25) is 0 Å². The van der Waals surface area contributed by atoms with Gasteiger partial charge in [0.1, 0.15) is 5.69 Å². The zero-order valence-corrected chi connectivity index (χ0v) is 16.0. The summed E-state index contributed by atoms with van der Waals surface area (Å²) in [6.45, 7) is 1.89. The third-order valence-corrected chi connectivity index (χ3v) is 6.65. The molecule has 26 heavy (non-hydrogen) atoms. The first kappa shape index (κ1) is 18.9. The molecule has 2 N–H and O–H groups in total. The molecule has 1 aliphatic rings. The normalized spacial score (nSPS) is 16.0. The first-order valence-corrected chi connectivity index (χ1v) is 10.4. The molecule has 0 spiro atoms. The third kappa shape index (κ3) is 3.92. The highest BCUT2D eigenvalue weighted by Gasteiger charge is 2.26. The van der Waals surface area contributed by atoms with Gasteiger partial charge in [0, 0.05) is 30.5 Å². The largest absolute Gasteiger partial charge is 0.477 e. The molecule has 1 fully saturated rings. The number of carboxylic acids is 1. The van der Waals surface area contributed by atoms with Gasteiger partial charge < -0.3 is 15.0 Å². The molecular weight excluding hydrogens is 354 g/mol. The van der Waals surface area contributed by atoms with Gasteiger partial charge >= 0.3 is 5.97 Å². The van der Waals surface area contributed by atoms with Crippen LogP contribution in [0.3, 0.4) is 0 Å². The molecule has 1 aliphatic heterocycles. The van der Waals surface area contributed by atoms with Crippen molar-refractivity contribution in [2.45, 2.75) is 25.0 Å². The van der Waals surface area contributed by atoms with Crippen molar-refractivity contribution in [1.82, 2.24) is 14.2 Å². The van der Waals surface area contributed by atoms with E-state index in [1.165, 1.54) is 0 Å². The van der Waals surface area contributed by atoms with Gasteiger partial charge in [-0.25, -0.2) is 17.5 Å². The highest BCUT2D eigenvalue weighted by molar-refractivity contribution is 7.88. The Hall–Kier alpha value is -1.90. The number of aromatic carboxylic acids is 1. The summed E-state index contributed by atoms with van der Waals surface area (Å²) >= 11 is 0. The highest BCUT2D eigenvalue weighted by atomic mass is 32.2. The maximum Gasteiger partial charge on any atom is 0.352 e. The van der Waals surface area contributed by atoms with Gasteiger partial charge in [-0.1, -0.05) is 6.07 Å². The minimum atomic E-state index is -3.33. The van der Waals surface area contributed by atoms with Gasteiger partial charge in [0.15, 0.2) is 0 Å². The molecule has 0 amide bonds. The van der Waals surface area contributed by atoms with Gasteiger partial charge in [-0.15, -0.1) is 0 Å². The van der Waals surface area contributed by atoms with Gasteiger partial charge in [0.2, 0.25) is 10.0 Å². The minimum absolute atomic E-state index is 0.0519. The van der Waals surface area contributed by atoms with Crippen LogP contribution in [0.25, 0.3) is 10.9 Å². The third-order valence-electron chi connectivity index (χ3n) is 4.80. The first-order valence-electron chi connectivity index (χ1n) is 8.77. The van der Waals surface area contributed by atoms with Crippen molar-refractivity contribution in [2.75, 3.05) is 33.7 Å². The number of nitrogens with zero attached hydrogens (tertiary/aromatic N) is 2. The van der Waals surface area contributed by atoms with E-state index in [9.17, 15) is 18.3 Å². The Labute approximate surface area is 153 Å². The Morgan fingerprint density at radius 3 is 2.58 bits per heavy atom. The van der Waals surface area contributed by atoms with Crippen molar-refractivity contribution < 1.29 is 18.3 Å². The molecule has 1 aromatic carbocycles. The van der Waals surface area contributed by atoms with Crippen molar-refractivity contribution in [1.29, 1.82) is 0 Å². The molecule has 2 heterocycles. The molecule has 0 saturated carbocycles. The smallest absolute Gasteiger partial charge is 0.352 e. The van der Waals surface area contributed by atoms with Crippen molar-refractivity contribution >= 4 is 26.9 Å². The Morgan fingerprint density at radius 2 is 1.96 bits per heavy atom. The summed E-state index contributed by atoms with van der Waals surface area (Å²) in [7, 11) is 0.537. The summed E-state index contributed by atoms with van der Waals surface area (Å²) < 4.78 is 26.7. The molecule has 7 nitrogen and oxygen atoms in total. The zero-order valence-electron chi connectivity index (χ0n) is 15.2. The summed E-state index contributed by atoms with van der Waals surface area (Å²) in [5, 5.41) is 10.3. The van der Waals surface area contributed by atoms with Crippen molar-refractivity contribution in [3.63, 3.8) is 0 Å². The number of carboxylic acid groups (broad SMARTS) is 1. The maximum absolute atomic E-state index is 12.6. The SMILES string of the molecule is CN(C)CCc1c(C(=O)O)[nH]c2ccc(CS(=O)(=O)N3CCCC3)cc12. The van der Waals surface area contributed by atoms with Crippen molar-refractivity contribution in [3.8, 4) is 0 Å². The van der Waals surface area contributed by atoms with Crippen LogP contribution < -0.4 is 0 Å². The van der Waals surface area contributed by atoms with Gasteiger partial charge in [-0.05, 0) is 56.6 Å². The predicted molar refractivity (Wildman–Crippen MR) is 101 cm³/mol. The van der Waals surface area contributed by atoms with Crippen LogP contribution in [-0.2, 0) is 22.2 Å². The van der Waals surface area contributed by atoms with E-state index in [1.807, 2.05) is 25.1 Å². The maximum atomic E-state index is 12.6. The van der Waals surface area contributed by atoms with Gasteiger partial charge in [0.05, 0.1) is 5.75 Å².